The summed E-state index contributed by atoms with van der Waals surface area (Å²) in [6, 6.07) is 13.3. The van der Waals surface area contributed by atoms with Crippen LogP contribution >= 0.6 is 27.5 Å². The van der Waals surface area contributed by atoms with Crippen molar-refractivity contribution in [3.05, 3.63) is 81.2 Å². The Hall–Kier alpha value is -2.18. The second kappa shape index (κ2) is 7.15. The zero-order valence-electron chi connectivity index (χ0n) is 12.3. The van der Waals surface area contributed by atoms with Gasteiger partial charge in [0.1, 0.15) is 10.8 Å². The molecule has 3 rings (SSSR count). The third kappa shape index (κ3) is 3.83. The van der Waals surface area contributed by atoms with Crippen molar-refractivity contribution in [3.8, 4) is 0 Å². The van der Waals surface area contributed by atoms with Crippen molar-refractivity contribution in [3.63, 3.8) is 0 Å². The molecular weight excluding hydrogens is 397 g/mol. The number of halogens is 3. The summed E-state index contributed by atoms with van der Waals surface area (Å²) in [6.07, 6.45) is 1.59. The minimum atomic E-state index is -0.319. The molecule has 24 heavy (non-hydrogen) atoms. The number of rotatable bonds is 4. The first kappa shape index (κ1) is 16.7. The summed E-state index contributed by atoms with van der Waals surface area (Å²) in [6.45, 7) is 0.350. The van der Waals surface area contributed by atoms with Crippen molar-refractivity contribution < 1.29 is 9.18 Å². The second-order valence-corrected chi connectivity index (χ2v) is 6.35. The number of nitrogens with one attached hydrogen (secondary N) is 1. The van der Waals surface area contributed by atoms with Crippen molar-refractivity contribution in [2.24, 2.45) is 0 Å². The topological polar surface area (TPSA) is 46.9 Å². The van der Waals surface area contributed by atoms with Gasteiger partial charge in [0, 0.05) is 10.7 Å². The highest BCUT2D eigenvalue weighted by Gasteiger charge is 2.14. The quantitative estimate of drug-likeness (QED) is 0.678. The highest BCUT2D eigenvalue weighted by molar-refractivity contribution is 9.10. The molecule has 1 N–H and O–H groups in total. The Morgan fingerprint density at radius 3 is 2.79 bits per heavy atom. The van der Waals surface area contributed by atoms with Crippen LogP contribution < -0.4 is 5.32 Å². The number of anilines is 1. The zero-order valence-corrected chi connectivity index (χ0v) is 14.7. The summed E-state index contributed by atoms with van der Waals surface area (Å²) in [7, 11) is 0. The van der Waals surface area contributed by atoms with Crippen LogP contribution in [0.3, 0.4) is 0 Å². The Labute approximate surface area is 151 Å². The maximum Gasteiger partial charge on any atom is 0.258 e. The summed E-state index contributed by atoms with van der Waals surface area (Å²) in [5, 5.41) is 7.23. The van der Waals surface area contributed by atoms with Crippen LogP contribution in [-0.2, 0) is 6.54 Å². The number of hydrogen-bond acceptors (Lipinski definition) is 2. The molecule has 0 saturated heterocycles. The Morgan fingerprint density at radius 2 is 2.04 bits per heavy atom. The van der Waals surface area contributed by atoms with Crippen LogP contribution in [0.5, 0.6) is 0 Å². The molecule has 0 saturated carbocycles. The number of benzene rings is 2. The molecule has 0 radical (unpaired) electrons. The molecule has 7 heteroatoms. The number of amides is 1. The number of nitrogens with zero attached hydrogens (tertiary/aromatic N) is 2. The van der Waals surface area contributed by atoms with Gasteiger partial charge in [-0.3, -0.25) is 9.48 Å². The van der Waals surface area contributed by atoms with E-state index in [9.17, 15) is 9.18 Å². The number of hydrogen-bond donors (Lipinski definition) is 1. The number of aromatic nitrogens is 2. The molecule has 0 fully saturated rings. The minimum absolute atomic E-state index is 0.258. The average molecular weight is 409 g/mol. The lowest BCUT2D eigenvalue weighted by Gasteiger charge is -2.05. The van der Waals surface area contributed by atoms with Crippen LogP contribution in [0, 0.1) is 5.82 Å². The molecule has 2 aromatic carbocycles. The molecule has 1 heterocycles. The Kier molecular flexibility index (Phi) is 4.97. The molecule has 0 aliphatic rings. The maximum absolute atomic E-state index is 13.2. The summed E-state index contributed by atoms with van der Waals surface area (Å²) in [4.78, 5) is 12.3. The van der Waals surface area contributed by atoms with Crippen LogP contribution in [0.1, 0.15) is 15.9 Å². The molecule has 0 atom stereocenters. The lowest BCUT2D eigenvalue weighted by molar-refractivity contribution is 0.102. The van der Waals surface area contributed by atoms with Gasteiger partial charge in [-0.05, 0) is 45.8 Å². The van der Waals surface area contributed by atoms with E-state index in [4.69, 9.17) is 11.6 Å². The molecule has 0 unspecified atom stereocenters. The van der Waals surface area contributed by atoms with E-state index in [-0.39, 0.29) is 17.5 Å². The van der Waals surface area contributed by atoms with Gasteiger partial charge in [-0.15, -0.1) is 0 Å². The molecule has 3 aromatic rings. The van der Waals surface area contributed by atoms with E-state index in [0.29, 0.717) is 21.6 Å². The molecule has 122 valence electrons. The van der Waals surface area contributed by atoms with E-state index >= 15 is 0 Å². The summed E-state index contributed by atoms with van der Waals surface area (Å²) in [5.74, 6) is -0.373. The van der Waals surface area contributed by atoms with Crippen molar-refractivity contribution in [2.75, 3.05) is 5.32 Å². The monoisotopic (exact) mass is 407 g/mol. The molecule has 1 aromatic heterocycles. The van der Waals surface area contributed by atoms with Gasteiger partial charge < -0.3 is 5.32 Å². The van der Waals surface area contributed by atoms with Crippen LogP contribution in [0.4, 0.5) is 10.2 Å². The minimum Gasteiger partial charge on any atom is -0.304 e. The Bertz CT molecular complexity index is 897. The van der Waals surface area contributed by atoms with E-state index in [1.54, 1.807) is 41.2 Å². The molecule has 1 amide bonds. The van der Waals surface area contributed by atoms with Crippen LogP contribution in [-0.4, -0.2) is 15.7 Å². The van der Waals surface area contributed by atoms with Gasteiger partial charge in [0.2, 0.25) is 0 Å². The number of carbonyl (C=O) groups is 1. The van der Waals surface area contributed by atoms with Crippen molar-refractivity contribution >= 4 is 39.3 Å². The van der Waals surface area contributed by atoms with Gasteiger partial charge in [-0.1, -0.05) is 35.9 Å². The van der Waals surface area contributed by atoms with E-state index in [2.05, 4.69) is 26.3 Å². The van der Waals surface area contributed by atoms with Crippen molar-refractivity contribution in [1.82, 2.24) is 9.78 Å². The van der Waals surface area contributed by atoms with Gasteiger partial charge in [0.05, 0.1) is 12.1 Å². The van der Waals surface area contributed by atoms with Gasteiger partial charge in [0.25, 0.3) is 5.91 Å². The predicted molar refractivity (Wildman–Crippen MR) is 94.8 cm³/mol. The summed E-state index contributed by atoms with van der Waals surface area (Å²) >= 11 is 9.46. The van der Waals surface area contributed by atoms with Crippen LogP contribution in [0.2, 0.25) is 5.02 Å². The predicted octanol–water partition coefficient (Wildman–Crippen LogP) is 4.74. The van der Waals surface area contributed by atoms with E-state index in [1.165, 1.54) is 12.1 Å². The summed E-state index contributed by atoms with van der Waals surface area (Å²) < 4.78 is 15.5. The fraction of sp³-hybridized carbons (Fsp3) is 0.0588. The van der Waals surface area contributed by atoms with Crippen LogP contribution in [0.25, 0.3) is 0 Å². The standard InChI is InChI=1S/C17H12BrClFN3O/c18-14-7-2-1-6-13(14)17(24)21-16-15(19)10-23(22-16)9-11-4-3-5-12(20)8-11/h1-8,10H,9H2,(H,21,22,24). The second-order valence-electron chi connectivity index (χ2n) is 5.09. The molecule has 4 nitrogen and oxygen atoms in total. The van der Waals surface area contributed by atoms with E-state index in [1.807, 2.05) is 6.07 Å². The fourth-order valence-corrected chi connectivity index (χ4v) is 2.87. The lowest BCUT2D eigenvalue weighted by Crippen LogP contribution is -2.13. The molecule has 0 aliphatic heterocycles. The molecule has 0 aliphatic carbocycles. The van der Waals surface area contributed by atoms with Gasteiger partial charge >= 0.3 is 0 Å². The van der Waals surface area contributed by atoms with E-state index in [0.717, 1.165) is 5.56 Å². The SMILES string of the molecule is O=C(Nc1nn(Cc2cccc(F)c2)cc1Cl)c1ccccc1Br. The van der Waals surface area contributed by atoms with Crippen molar-refractivity contribution in [2.45, 2.75) is 6.54 Å². The van der Waals surface area contributed by atoms with Gasteiger partial charge in [-0.2, -0.15) is 5.10 Å². The van der Waals surface area contributed by atoms with Gasteiger partial charge in [-0.25, -0.2) is 4.39 Å². The van der Waals surface area contributed by atoms with Crippen LogP contribution in [0.15, 0.2) is 59.2 Å². The molecule has 0 bridgehead atoms. The highest BCUT2D eigenvalue weighted by atomic mass is 79.9. The third-order valence-corrected chi connectivity index (χ3v) is 4.27. The van der Waals surface area contributed by atoms with Crippen molar-refractivity contribution in [1.29, 1.82) is 0 Å². The largest absolute Gasteiger partial charge is 0.304 e. The first-order valence-electron chi connectivity index (χ1n) is 7.06. The Balaban J connectivity index is 1.77. The van der Waals surface area contributed by atoms with E-state index < -0.39 is 0 Å². The third-order valence-electron chi connectivity index (χ3n) is 3.30. The zero-order chi connectivity index (χ0) is 17.1. The lowest BCUT2D eigenvalue weighted by atomic mass is 10.2. The maximum atomic E-state index is 13.2. The first-order valence-corrected chi connectivity index (χ1v) is 8.23. The number of carbonyl (C=O) groups excluding carboxylic acids is 1. The fourth-order valence-electron chi connectivity index (χ4n) is 2.21. The summed E-state index contributed by atoms with van der Waals surface area (Å²) in [5.41, 5.74) is 1.23. The highest BCUT2D eigenvalue weighted by Crippen LogP contribution is 2.23. The molecule has 0 spiro atoms. The van der Waals surface area contributed by atoms with Gasteiger partial charge in [0.15, 0.2) is 5.82 Å². The first-order chi connectivity index (χ1) is 11.5. The average Bonchev–Trinajstić information content (AvgIpc) is 2.87. The normalized spacial score (nSPS) is 10.6. The molecular formula is C17H12BrClFN3O. The smallest absolute Gasteiger partial charge is 0.258 e. The Morgan fingerprint density at radius 1 is 1.25 bits per heavy atom.